The van der Waals surface area contributed by atoms with Crippen LogP contribution in [0.4, 0.5) is 32.0 Å². The van der Waals surface area contributed by atoms with E-state index in [0.717, 1.165) is 41.3 Å². The molecule has 1 N–H and O–H groups in total. The number of carbonyl (C=O) groups is 2. The first-order valence-electron chi connectivity index (χ1n) is 8.83. The molecular weight excluding hydrogens is 432 g/mol. The average Bonchev–Trinajstić information content (AvgIpc) is 2.95. The van der Waals surface area contributed by atoms with Crippen molar-refractivity contribution >= 4 is 17.5 Å². The van der Waals surface area contributed by atoms with Gasteiger partial charge in [-0.05, 0) is 23.8 Å². The number of carbonyl (C=O) groups excluding carboxylic acids is 2. The molecule has 3 rings (SSSR count). The first-order valence-corrected chi connectivity index (χ1v) is 8.83. The molecule has 166 valence electrons. The molecule has 6 nitrogen and oxygen atoms in total. The molecule has 1 aliphatic heterocycles. The van der Waals surface area contributed by atoms with Crippen LogP contribution in [0.25, 0.3) is 0 Å². The van der Waals surface area contributed by atoms with Gasteiger partial charge in [-0.25, -0.2) is 0 Å². The van der Waals surface area contributed by atoms with Crippen molar-refractivity contribution in [3.63, 3.8) is 0 Å². The van der Waals surface area contributed by atoms with E-state index in [2.05, 4.69) is 0 Å². The van der Waals surface area contributed by atoms with E-state index in [9.17, 15) is 41.1 Å². The van der Waals surface area contributed by atoms with Crippen molar-refractivity contribution in [2.75, 3.05) is 18.9 Å². The lowest BCUT2D eigenvalue weighted by molar-refractivity contribution is -0.628. The number of aromatic nitrogens is 1. The van der Waals surface area contributed by atoms with E-state index in [-0.39, 0.29) is 12.1 Å². The number of rotatable bonds is 3. The van der Waals surface area contributed by atoms with Crippen molar-refractivity contribution in [1.29, 1.82) is 0 Å². The molecule has 2 amide bonds. The molecule has 0 aliphatic carbocycles. The van der Waals surface area contributed by atoms with E-state index in [1.165, 1.54) is 7.05 Å². The van der Waals surface area contributed by atoms with Gasteiger partial charge in [0, 0.05) is 25.6 Å². The Morgan fingerprint density at radius 1 is 1.10 bits per heavy atom. The highest BCUT2D eigenvalue weighted by Gasteiger charge is 2.47. The van der Waals surface area contributed by atoms with Gasteiger partial charge in [0.1, 0.15) is 11.6 Å². The third-order valence-electron chi connectivity index (χ3n) is 4.95. The van der Waals surface area contributed by atoms with Crippen molar-refractivity contribution in [2.24, 2.45) is 5.92 Å². The van der Waals surface area contributed by atoms with Gasteiger partial charge >= 0.3 is 18.0 Å². The third kappa shape index (κ3) is 4.42. The van der Waals surface area contributed by atoms with Crippen molar-refractivity contribution < 1.29 is 40.7 Å². The quantitative estimate of drug-likeness (QED) is 0.340. The average molecular weight is 447 g/mol. The second kappa shape index (κ2) is 7.75. The summed E-state index contributed by atoms with van der Waals surface area (Å²) in [4.78, 5) is 26.4. The Morgan fingerprint density at radius 2 is 1.71 bits per heavy atom. The Kier molecular flexibility index (Phi) is 5.59. The number of likely N-dealkylation sites (tertiary alicyclic amines) is 1. The predicted molar refractivity (Wildman–Crippen MR) is 94.3 cm³/mol. The van der Waals surface area contributed by atoms with E-state index in [0.29, 0.717) is 6.20 Å². The van der Waals surface area contributed by atoms with Crippen molar-refractivity contribution in [2.45, 2.75) is 18.3 Å². The lowest BCUT2D eigenvalue weighted by Gasteiger charge is -2.19. The van der Waals surface area contributed by atoms with Crippen LogP contribution in [-0.2, 0) is 21.9 Å². The van der Waals surface area contributed by atoms with Gasteiger partial charge in [0.2, 0.25) is 11.8 Å². The second-order valence-electron chi connectivity index (χ2n) is 7.01. The smallest absolute Gasteiger partial charge is 0.481 e. The number of amides is 2. The minimum Gasteiger partial charge on any atom is -0.618 e. The molecule has 1 fully saturated rings. The molecule has 0 spiro atoms. The minimum atomic E-state index is -5.07. The molecule has 1 aromatic carbocycles. The third-order valence-corrected chi connectivity index (χ3v) is 4.95. The van der Waals surface area contributed by atoms with E-state index in [4.69, 9.17) is 0 Å². The first kappa shape index (κ1) is 22.4. The van der Waals surface area contributed by atoms with Gasteiger partial charge in [0.15, 0.2) is 6.20 Å². The molecule has 0 bridgehead atoms. The van der Waals surface area contributed by atoms with Crippen LogP contribution in [0.15, 0.2) is 42.6 Å². The van der Waals surface area contributed by atoms with Crippen LogP contribution in [0.3, 0.4) is 0 Å². The Bertz CT molecular complexity index is 1000. The van der Waals surface area contributed by atoms with E-state index in [1.807, 2.05) is 5.32 Å². The van der Waals surface area contributed by atoms with E-state index in [1.54, 1.807) is 0 Å². The molecule has 0 radical (unpaired) electrons. The summed E-state index contributed by atoms with van der Waals surface area (Å²) in [5.74, 6) is -4.18. The molecule has 2 atom stereocenters. The zero-order chi connectivity index (χ0) is 23.1. The Labute approximate surface area is 171 Å². The van der Waals surface area contributed by atoms with Gasteiger partial charge in [0.05, 0.1) is 5.56 Å². The fourth-order valence-electron chi connectivity index (χ4n) is 3.49. The number of hydrogen-bond donors (Lipinski definition) is 1. The molecule has 1 saturated heterocycles. The highest BCUT2D eigenvalue weighted by atomic mass is 19.4. The number of pyridine rings is 1. The summed E-state index contributed by atoms with van der Waals surface area (Å²) >= 11 is 0. The summed E-state index contributed by atoms with van der Waals surface area (Å²) in [6.45, 7) is -0.0231. The van der Waals surface area contributed by atoms with Crippen LogP contribution in [0.2, 0.25) is 0 Å². The number of hydrogen-bond acceptors (Lipinski definition) is 3. The summed E-state index contributed by atoms with van der Waals surface area (Å²) in [6.07, 6.45) is -9.04. The maximum Gasteiger partial charge on any atom is 0.481 e. The van der Waals surface area contributed by atoms with E-state index >= 15 is 0 Å². The van der Waals surface area contributed by atoms with Crippen LogP contribution in [0.5, 0.6) is 0 Å². The standard InChI is InChI=1S/C19H15F6N3O3/c1-27-9-12(10-4-6-11(7-5-10)18(20,21)22)14(17(27)30)16(29)26-13-3-2-8-28(31)15(13)19(23,24)25/h2-8,12,14H,9H2,1H3,(H,26,29)/t12-,14+/m1/s1. The van der Waals surface area contributed by atoms with Crippen LogP contribution < -0.4 is 10.0 Å². The number of benzene rings is 1. The van der Waals surface area contributed by atoms with Gasteiger partial charge in [-0.2, -0.15) is 31.1 Å². The van der Waals surface area contributed by atoms with Gasteiger partial charge in [-0.15, -0.1) is 0 Å². The van der Waals surface area contributed by atoms with Crippen LogP contribution in [0.1, 0.15) is 22.7 Å². The summed E-state index contributed by atoms with van der Waals surface area (Å²) in [5, 5.41) is 13.6. The second-order valence-corrected chi connectivity index (χ2v) is 7.01. The SMILES string of the molecule is CN1C[C@H](c2ccc(C(F)(F)F)cc2)[C@@H](C(=O)Nc2ccc[n+]([O-])c2C(F)(F)F)C1=O. The first-order chi connectivity index (χ1) is 14.3. The van der Waals surface area contributed by atoms with Crippen LogP contribution in [0, 0.1) is 11.1 Å². The number of anilines is 1. The molecule has 31 heavy (non-hydrogen) atoms. The monoisotopic (exact) mass is 447 g/mol. The molecule has 0 saturated carbocycles. The number of halogens is 6. The number of nitrogens with zero attached hydrogens (tertiary/aromatic N) is 2. The molecule has 2 heterocycles. The van der Waals surface area contributed by atoms with Gasteiger partial charge in [-0.1, -0.05) is 12.1 Å². The fraction of sp³-hybridized carbons (Fsp3) is 0.316. The minimum absolute atomic E-state index is 0.0231. The Balaban J connectivity index is 1.92. The molecule has 1 aliphatic rings. The normalized spacial score (nSPS) is 19.6. The highest BCUT2D eigenvalue weighted by Crippen LogP contribution is 2.37. The number of alkyl halides is 6. The summed E-state index contributed by atoms with van der Waals surface area (Å²) < 4.78 is 77.6. The van der Waals surface area contributed by atoms with E-state index < -0.39 is 57.7 Å². The molecule has 0 unspecified atom stereocenters. The summed E-state index contributed by atoms with van der Waals surface area (Å²) in [5.41, 5.74) is -3.17. The number of nitrogens with one attached hydrogen (secondary N) is 1. The van der Waals surface area contributed by atoms with Crippen molar-refractivity contribution in [3.05, 3.63) is 64.6 Å². The Morgan fingerprint density at radius 3 is 2.26 bits per heavy atom. The number of likely N-dealkylation sites (N-methyl/N-ethyl adjacent to an activating group) is 1. The summed E-state index contributed by atoms with van der Waals surface area (Å²) in [6, 6.07) is 5.70. The maximum atomic E-state index is 13.2. The molecular formula is C19H15F6N3O3. The zero-order valence-corrected chi connectivity index (χ0v) is 15.8. The fourth-order valence-corrected chi connectivity index (χ4v) is 3.49. The Hall–Kier alpha value is -3.31. The van der Waals surface area contributed by atoms with Gasteiger partial charge < -0.3 is 15.4 Å². The lowest BCUT2D eigenvalue weighted by Crippen LogP contribution is -2.39. The predicted octanol–water partition coefficient (Wildman–Crippen LogP) is 3.17. The summed E-state index contributed by atoms with van der Waals surface area (Å²) in [7, 11) is 1.36. The largest absolute Gasteiger partial charge is 0.618 e. The highest BCUT2D eigenvalue weighted by molar-refractivity contribution is 6.08. The van der Waals surface area contributed by atoms with Crippen LogP contribution in [-0.4, -0.2) is 30.3 Å². The van der Waals surface area contributed by atoms with Crippen molar-refractivity contribution in [3.8, 4) is 0 Å². The lowest BCUT2D eigenvalue weighted by atomic mass is 9.87. The molecule has 12 heteroatoms. The zero-order valence-electron chi connectivity index (χ0n) is 15.8. The van der Waals surface area contributed by atoms with Gasteiger partial charge in [0.25, 0.3) is 0 Å². The van der Waals surface area contributed by atoms with Crippen molar-refractivity contribution in [1.82, 2.24) is 4.90 Å². The molecule has 1 aromatic heterocycles. The maximum absolute atomic E-state index is 13.2. The van der Waals surface area contributed by atoms with Gasteiger partial charge in [-0.3, -0.25) is 9.59 Å². The van der Waals surface area contributed by atoms with Crippen LogP contribution >= 0.6 is 0 Å². The molecule has 2 aromatic rings. The topological polar surface area (TPSA) is 76.3 Å².